The number of carbonyl (C=O) groups is 2. The van der Waals surface area contributed by atoms with Gasteiger partial charge in [0.1, 0.15) is 5.82 Å². The molecule has 13 heteroatoms. The molecule has 0 radical (unpaired) electrons. The van der Waals surface area contributed by atoms with Crippen molar-refractivity contribution in [2.45, 2.75) is 73.6 Å². The summed E-state index contributed by atoms with van der Waals surface area (Å²) in [5, 5.41) is 16.4. The van der Waals surface area contributed by atoms with Crippen LogP contribution in [0.3, 0.4) is 0 Å². The number of carbonyl (C=O) groups excluding carboxylic acids is 2. The number of esters is 2. The van der Waals surface area contributed by atoms with Crippen LogP contribution in [0.5, 0.6) is 0 Å². The zero-order chi connectivity index (χ0) is 32.3. The molecule has 1 unspecified atom stereocenters. The maximum atomic E-state index is 13.7. The predicted molar refractivity (Wildman–Crippen MR) is 170 cm³/mol. The van der Waals surface area contributed by atoms with Crippen molar-refractivity contribution in [2.75, 3.05) is 0 Å². The minimum Gasteiger partial charge on any atom is -0.424 e. The maximum absolute atomic E-state index is 13.7. The van der Waals surface area contributed by atoms with Crippen molar-refractivity contribution >= 4 is 34.4 Å². The summed E-state index contributed by atoms with van der Waals surface area (Å²) >= 11 is 6.63. The summed E-state index contributed by atoms with van der Waals surface area (Å²) < 4.78 is 15.3. The number of unbranched alkanes of at least 4 members (excludes halogenated alkanes) is 1. The van der Waals surface area contributed by atoms with E-state index in [1.807, 2.05) is 73.1 Å². The molecule has 0 saturated carbocycles. The first-order chi connectivity index (χ1) is 21.5. The monoisotopic (exact) mass is 669 g/mol. The molecule has 0 aliphatic rings. The quantitative estimate of drug-likeness (QED) is 0.118. The van der Waals surface area contributed by atoms with Gasteiger partial charge in [-0.2, -0.15) is 0 Å². The molecule has 0 amide bonds. The Morgan fingerprint density at radius 2 is 1.80 bits per heavy atom. The Morgan fingerprint density at radius 3 is 2.48 bits per heavy atom. The van der Waals surface area contributed by atoms with Crippen LogP contribution in [-0.2, 0) is 27.2 Å². The first kappa shape index (κ1) is 36.0. The summed E-state index contributed by atoms with van der Waals surface area (Å²) in [5.41, 5.74) is 2.94. The van der Waals surface area contributed by atoms with E-state index in [2.05, 4.69) is 37.1 Å². The summed E-state index contributed by atoms with van der Waals surface area (Å²) in [7, 11) is 0. The van der Waals surface area contributed by atoms with Crippen molar-refractivity contribution < 1.29 is 70.4 Å². The molecule has 5 rings (SSSR count). The molecule has 0 aliphatic carbocycles. The van der Waals surface area contributed by atoms with E-state index >= 15 is 0 Å². The Bertz CT molecular complexity index is 1810. The van der Waals surface area contributed by atoms with E-state index in [-0.39, 0.29) is 68.1 Å². The van der Waals surface area contributed by atoms with Gasteiger partial charge in [0.25, 0.3) is 0 Å². The summed E-state index contributed by atoms with van der Waals surface area (Å²) in [6.45, 7) is 11.3. The van der Waals surface area contributed by atoms with Gasteiger partial charge in [-0.25, -0.2) is 14.9 Å². The van der Waals surface area contributed by atoms with Gasteiger partial charge in [0.2, 0.25) is 6.29 Å². The van der Waals surface area contributed by atoms with Gasteiger partial charge >= 0.3 is 63.3 Å². The van der Waals surface area contributed by atoms with Crippen molar-refractivity contribution in [1.82, 2.24) is 34.7 Å². The number of ether oxygens (including phenoxy) is 2. The minimum absolute atomic E-state index is 0. The van der Waals surface area contributed by atoms with Crippen LogP contribution in [0.2, 0.25) is 5.15 Å². The summed E-state index contributed by atoms with van der Waals surface area (Å²) in [6.07, 6.45) is 3.34. The van der Waals surface area contributed by atoms with Crippen molar-refractivity contribution in [3.05, 3.63) is 77.0 Å². The second kappa shape index (κ2) is 15.4. The summed E-state index contributed by atoms with van der Waals surface area (Å²) in [4.78, 5) is 30.9. The Morgan fingerprint density at radius 1 is 1.04 bits per heavy atom. The van der Waals surface area contributed by atoms with Crippen molar-refractivity contribution in [3.63, 3.8) is 0 Å². The Hall–Kier alpha value is -2.87. The smallest absolute Gasteiger partial charge is 0.424 e. The average molecular weight is 670 g/mol. The molecule has 3 heterocycles. The van der Waals surface area contributed by atoms with Gasteiger partial charge < -0.3 is 23.7 Å². The Balaban J connectivity index is 0.00000480. The first-order valence-corrected chi connectivity index (χ1v) is 15.4. The third kappa shape index (κ3) is 7.80. The minimum atomic E-state index is -1.09. The number of benzene rings is 2. The van der Waals surface area contributed by atoms with Gasteiger partial charge in [-0.05, 0) is 51.0 Å². The fourth-order valence-electron chi connectivity index (χ4n) is 4.97. The average Bonchev–Trinajstić information content (AvgIpc) is 3.75. The van der Waals surface area contributed by atoms with Gasteiger partial charge in [0.05, 0.1) is 29.0 Å². The van der Waals surface area contributed by atoms with Gasteiger partial charge in [-0.1, -0.05) is 69.1 Å². The number of tetrazole rings is 1. The predicted octanol–water partition coefficient (Wildman–Crippen LogP) is 3.41. The largest absolute Gasteiger partial charge is 1.00 e. The van der Waals surface area contributed by atoms with E-state index < -0.39 is 23.6 Å². The molecular formula is C33H37ClKN7O4. The molecule has 0 N–H and O–H groups in total. The number of imidazole rings is 1. The van der Waals surface area contributed by atoms with Crippen LogP contribution in [0.4, 0.5) is 0 Å². The molecule has 46 heavy (non-hydrogen) atoms. The van der Waals surface area contributed by atoms with Gasteiger partial charge in [0.15, 0.2) is 10.8 Å². The van der Waals surface area contributed by atoms with Crippen LogP contribution in [0.25, 0.3) is 28.0 Å². The summed E-state index contributed by atoms with van der Waals surface area (Å²) in [6, 6.07) is 15.8. The fourth-order valence-corrected chi connectivity index (χ4v) is 5.25. The van der Waals surface area contributed by atoms with E-state index in [1.54, 1.807) is 20.8 Å². The fraction of sp³-hybridized carbons (Fsp3) is 0.394. The second-order valence-electron chi connectivity index (χ2n) is 12.3. The number of aromatic nitrogens is 7. The van der Waals surface area contributed by atoms with Crippen molar-refractivity contribution in [3.8, 4) is 17.1 Å². The van der Waals surface area contributed by atoms with Crippen LogP contribution in [0.1, 0.15) is 76.3 Å². The number of hydrogen-bond donors (Lipinski definition) is 0. The number of halogens is 1. The van der Waals surface area contributed by atoms with Gasteiger partial charge in [-0.15, -0.1) is 0 Å². The Labute approximate surface area is 315 Å². The summed E-state index contributed by atoms with van der Waals surface area (Å²) in [5.74, 6) is -0.333. The van der Waals surface area contributed by atoms with Crippen molar-refractivity contribution in [2.24, 2.45) is 11.3 Å². The molecule has 1 atom stereocenters. The number of nitrogens with zero attached hydrogens (tertiary/aromatic N) is 7. The topological polar surface area (TPSA) is 128 Å². The van der Waals surface area contributed by atoms with E-state index in [0.29, 0.717) is 24.6 Å². The van der Waals surface area contributed by atoms with E-state index in [9.17, 15) is 9.59 Å². The zero-order valence-electron chi connectivity index (χ0n) is 27.3. The third-order valence-electron chi connectivity index (χ3n) is 7.43. The van der Waals surface area contributed by atoms with E-state index in [0.717, 1.165) is 40.6 Å². The number of fused-ring (bicyclic) bond motifs is 1. The molecule has 236 valence electrons. The van der Waals surface area contributed by atoms with Crippen molar-refractivity contribution in [1.29, 1.82) is 0 Å². The normalized spacial score (nSPS) is 12.3. The van der Waals surface area contributed by atoms with E-state index in [4.69, 9.17) is 21.1 Å². The van der Waals surface area contributed by atoms with E-state index in [1.165, 1.54) is 0 Å². The molecule has 0 saturated heterocycles. The molecule has 0 bridgehead atoms. The molecule has 5 aromatic rings. The molecule has 11 nitrogen and oxygen atoms in total. The van der Waals surface area contributed by atoms with Crippen LogP contribution in [0.15, 0.2) is 54.7 Å². The van der Waals surface area contributed by atoms with Gasteiger partial charge in [0, 0.05) is 29.5 Å². The third-order valence-corrected chi connectivity index (χ3v) is 7.69. The number of hydrogen-bond acceptors (Lipinski definition) is 8. The SMILES string of the molecule is CCCCc1nc(Cl)c(C(=O)OC(OC(=O)C(C)(C)C)C(C)C)n1Cc1cccc2c1ccn2-c1ccccc1-c1nn[n-]n1.[K+]. The molecule has 3 aromatic heterocycles. The van der Waals surface area contributed by atoms with Crippen LogP contribution < -0.4 is 56.6 Å². The standard InChI is InChI=1S/C33H37ClN7O4.K/c1-7-8-16-26-35-28(34)27(30(42)44-31(20(2)3)45-32(43)33(4,5)6)41(26)19-21-12-11-15-24-22(21)17-18-40(24)25-14-10-9-13-23(25)29-36-38-39-37-29;/h9-15,17-18,20,31H,7-8,16,19H2,1-6H3;/q-1;+1. The number of aryl methyl sites for hydroxylation is 1. The maximum Gasteiger partial charge on any atom is 1.00 e. The first-order valence-electron chi connectivity index (χ1n) is 15.0. The molecule has 0 spiro atoms. The van der Waals surface area contributed by atoms with Crippen LogP contribution in [0, 0.1) is 11.3 Å². The molecule has 0 aliphatic heterocycles. The van der Waals surface area contributed by atoms with Crippen LogP contribution in [-0.4, -0.2) is 47.8 Å². The van der Waals surface area contributed by atoms with Gasteiger partial charge in [-0.3, -0.25) is 15.2 Å². The number of para-hydroxylation sites is 1. The number of rotatable bonds is 11. The Kier molecular flexibility index (Phi) is 12.0. The zero-order valence-corrected chi connectivity index (χ0v) is 31.2. The molecular weight excluding hydrogens is 633 g/mol. The molecule has 0 fully saturated rings. The van der Waals surface area contributed by atoms with Crippen LogP contribution >= 0.6 is 11.6 Å². The molecule has 2 aromatic carbocycles. The second-order valence-corrected chi connectivity index (χ2v) is 12.6.